The van der Waals surface area contributed by atoms with Crippen LogP contribution in [0.25, 0.3) is 0 Å². The van der Waals surface area contributed by atoms with Crippen molar-refractivity contribution in [3.05, 3.63) is 47.5 Å². The molecule has 0 spiro atoms. The highest BCUT2D eigenvalue weighted by atomic mass is 16.5. The molecule has 0 aromatic heterocycles. The van der Waals surface area contributed by atoms with Crippen molar-refractivity contribution in [2.45, 2.75) is 134 Å². The number of ether oxygens (including phenoxy) is 1. The first-order chi connectivity index (χ1) is 15.7. The fourth-order valence-electron chi connectivity index (χ4n) is 7.11. The largest absolute Gasteiger partial charge is 0.378 e. The summed E-state index contributed by atoms with van der Waals surface area (Å²) in [6, 6.07) is 10.0. The van der Waals surface area contributed by atoms with Gasteiger partial charge >= 0.3 is 0 Å². The van der Waals surface area contributed by atoms with Crippen LogP contribution in [0.4, 0.5) is 0 Å². The topological polar surface area (TPSA) is 9.23 Å². The molecule has 32 heavy (non-hydrogen) atoms. The van der Waals surface area contributed by atoms with Crippen LogP contribution in [-0.2, 0) is 10.2 Å². The van der Waals surface area contributed by atoms with Crippen molar-refractivity contribution >= 4 is 0 Å². The van der Waals surface area contributed by atoms with Crippen LogP contribution in [-0.4, -0.2) is 12.7 Å². The van der Waals surface area contributed by atoms with Gasteiger partial charge < -0.3 is 4.74 Å². The fourth-order valence-corrected chi connectivity index (χ4v) is 7.11. The second-order valence-corrected chi connectivity index (χ2v) is 11.4. The van der Waals surface area contributed by atoms with Gasteiger partial charge in [0.15, 0.2) is 0 Å². The van der Waals surface area contributed by atoms with Crippen molar-refractivity contribution in [2.24, 2.45) is 5.41 Å². The maximum atomic E-state index is 6.15. The highest BCUT2D eigenvalue weighted by molar-refractivity contribution is 5.33. The summed E-state index contributed by atoms with van der Waals surface area (Å²) in [6.45, 7) is 5.36. The van der Waals surface area contributed by atoms with Gasteiger partial charge in [-0.2, -0.15) is 0 Å². The summed E-state index contributed by atoms with van der Waals surface area (Å²) in [5.41, 5.74) is 4.45. The minimum Gasteiger partial charge on any atom is -0.378 e. The Morgan fingerprint density at radius 3 is 2.19 bits per heavy atom. The van der Waals surface area contributed by atoms with E-state index in [2.05, 4.69) is 50.3 Å². The van der Waals surface area contributed by atoms with Crippen LogP contribution in [0.1, 0.15) is 134 Å². The lowest BCUT2D eigenvalue weighted by atomic mass is 9.51. The van der Waals surface area contributed by atoms with E-state index >= 15 is 0 Å². The van der Waals surface area contributed by atoms with Crippen molar-refractivity contribution in [1.82, 2.24) is 0 Å². The van der Waals surface area contributed by atoms with E-state index in [4.69, 9.17) is 4.74 Å². The smallest absolute Gasteiger partial charge is 0.0575 e. The first-order valence-corrected chi connectivity index (χ1v) is 14.0. The van der Waals surface area contributed by atoms with Crippen LogP contribution in [0, 0.1) is 5.41 Å². The van der Waals surface area contributed by atoms with Gasteiger partial charge in [0.2, 0.25) is 0 Å². The van der Waals surface area contributed by atoms with Crippen molar-refractivity contribution < 1.29 is 4.74 Å². The van der Waals surface area contributed by atoms with Crippen LogP contribution in [0.3, 0.4) is 0 Å². The van der Waals surface area contributed by atoms with Crippen LogP contribution < -0.4 is 0 Å². The highest BCUT2D eigenvalue weighted by Crippen LogP contribution is 2.59. The Kier molecular flexibility index (Phi) is 8.55. The normalized spacial score (nSPS) is 32.6. The lowest BCUT2D eigenvalue weighted by Gasteiger charge is -2.54. The molecule has 0 unspecified atom stereocenters. The molecule has 1 heteroatoms. The molecule has 4 aliphatic carbocycles. The second-order valence-electron chi connectivity index (χ2n) is 11.4. The molecule has 0 N–H and O–H groups in total. The molecule has 178 valence electrons. The van der Waals surface area contributed by atoms with Crippen molar-refractivity contribution in [3.8, 4) is 0 Å². The summed E-state index contributed by atoms with van der Waals surface area (Å²) in [4.78, 5) is 0. The molecule has 4 aliphatic rings. The Labute approximate surface area is 198 Å². The minimum absolute atomic E-state index is 0.497. The number of rotatable bonds is 11. The molecule has 1 aromatic rings. The molecule has 4 fully saturated rings. The summed E-state index contributed by atoms with van der Waals surface area (Å²) in [5.74, 6) is 0.744. The summed E-state index contributed by atoms with van der Waals surface area (Å²) < 4.78 is 6.15. The standard InChI is InChI=1S/C31H48O/c1-3-5-7-9-25-32-29-16-12-27(13-17-29)26-10-14-28(15-11-26)31-22-19-30(20-23-31,21-24-31)18-8-6-4-2/h3,5,10-11,14-15,27,29H,4,6-9,12-13,16-25H2,1-2H3/b5-3+. The monoisotopic (exact) mass is 436 g/mol. The van der Waals surface area contributed by atoms with Crippen molar-refractivity contribution in [3.63, 3.8) is 0 Å². The van der Waals surface area contributed by atoms with E-state index in [9.17, 15) is 0 Å². The van der Waals surface area contributed by atoms with Gasteiger partial charge in [-0.25, -0.2) is 0 Å². The third-order valence-electron chi connectivity index (χ3n) is 9.49. The van der Waals surface area contributed by atoms with Gasteiger partial charge in [0.05, 0.1) is 6.10 Å². The number of unbranched alkanes of at least 4 members (excludes halogenated alkanes) is 3. The van der Waals surface area contributed by atoms with Gasteiger partial charge in [-0.1, -0.05) is 62.6 Å². The lowest BCUT2D eigenvalue weighted by Crippen LogP contribution is -2.44. The van der Waals surface area contributed by atoms with Gasteiger partial charge in [0.25, 0.3) is 0 Å². The van der Waals surface area contributed by atoms with Crippen LogP contribution in [0.2, 0.25) is 0 Å². The van der Waals surface area contributed by atoms with Crippen molar-refractivity contribution in [1.29, 1.82) is 0 Å². The Morgan fingerprint density at radius 2 is 1.56 bits per heavy atom. The van der Waals surface area contributed by atoms with Gasteiger partial charge in [-0.05, 0) is 118 Å². The minimum atomic E-state index is 0.497. The third kappa shape index (κ3) is 5.69. The molecule has 2 bridgehead atoms. The molecule has 0 aliphatic heterocycles. The molecular formula is C31H48O. The number of hydrogen-bond acceptors (Lipinski definition) is 1. The average Bonchev–Trinajstić information content (AvgIpc) is 2.86. The average molecular weight is 437 g/mol. The van der Waals surface area contributed by atoms with E-state index in [1.807, 2.05) is 0 Å². The first kappa shape index (κ1) is 24.1. The van der Waals surface area contributed by atoms with Gasteiger partial charge in [-0.15, -0.1) is 0 Å². The Bertz CT molecular complexity index is 682. The zero-order valence-electron chi connectivity index (χ0n) is 21.0. The van der Waals surface area contributed by atoms with E-state index in [0.717, 1.165) is 25.4 Å². The molecule has 1 aromatic carbocycles. The van der Waals surface area contributed by atoms with E-state index in [0.29, 0.717) is 16.9 Å². The van der Waals surface area contributed by atoms with Crippen LogP contribution >= 0.6 is 0 Å². The predicted molar refractivity (Wildman–Crippen MR) is 137 cm³/mol. The molecule has 0 heterocycles. The lowest BCUT2D eigenvalue weighted by molar-refractivity contribution is 0.0237. The van der Waals surface area contributed by atoms with E-state index in [-0.39, 0.29) is 0 Å². The summed E-state index contributed by atoms with van der Waals surface area (Å²) in [7, 11) is 0. The summed E-state index contributed by atoms with van der Waals surface area (Å²) in [6.07, 6.45) is 26.8. The van der Waals surface area contributed by atoms with Crippen LogP contribution in [0.5, 0.6) is 0 Å². The Balaban J connectivity index is 1.25. The maximum Gasteiger partial charge on any atom is 0.0575 e. The summed E-state index contributed by atoms with van der Waals surface area (Å²) >= 11 is 0. The molecule has 0 radical (unpaired) electrons. The van der Waals surface area contributed by atoms with Crippen LogP contribution in [0.15, 0.2) is 36.4 Å². The fraction of sp³-hybridized carbons (Fsp3) is 0.742. The zero-order chi connectivity index (χ0) is 22.3. The maximum absolute atomic E-state index is 6.15. The zero-order valence-corrected chi connectivity index (χ0v) is 21.0. The number of hydrogen-bond donors (Lipinski definition) is 0. The molecule has 5 rings (SSSR count). The van der Waals surface area contributed by atoms with E-state index in [1.54, 1.807) is 11.1 Å². The van der Waals surface area contributed by atoms with Gasteiger partial charge in [0.1, 0.15) is 0 Å². The first-order valence-electron chi connectivity index (χ1n) is 14.0. The highest BCUT2D eigenvalue weighted by Gasteiger charge is 2.48. The van der Waals surface area contributed by atoms with E-state index in [1.165, 1.54) is 89.9 Å². The van der Waals surface area contributed by atoms with Gasteiger partial charge in [-0.3, -0.25) is 0 Å². The summed E-state index contributed by atoms with van der Waals surface area (Å²) in [5, 5.41) is 0. The molecule has 1 nitrogen and oxygen atoms in total. The number of benzene rings is 1. The second kappa shape index (κ2) is 11.4. The molecule has 0 amide bonds. The Morgan fingerprint density at radius 1 is 0.875 bits per heavy atom. The SMILES string of the molecule is C/C=C/CCCOC1CCC(c2ccc(C34CCC(CCCCC)(CC3)CC4)cc2)CC1. The number of allylic oxidation sites excluding steroid dienone is 2. The molecule has 0 atom stereocenters. The molecule has 0 saturated heterocycles. The Hall–Kier alpha value is -1.08. The molecule has 4 saturated carbocycles. The molecular weight excluding hydrogens is 388 g/mol. The number of fused-ring (bicyclic) bond motifs is 3. The van der Waals surface area contributed by atoms with Gasteiger partial charge in [0, 0.05) is 6.61 Å². The quantitative estimate of drug-likeness (QED) is 0.248. The third-order valence-corrected chi connectivity index (χ3v) is 9.49. The van der Waals surface area contributed by atoms with E-state index < -0.39 is 0 Å². The van der Waals surface area contributed by atoms with Crippen molar-refractivity contribution in [2.75, 3.05) is 6.61 Å². The predicted octanol–water partition coefficient (Wildman–Crippen LogP) is 9.26.